The fourth-order valence-electron chi connectivity index (χ4n) is 0. The van der Waals surface area contributed by atoms with Gasteiger partial charge in [-0.25, -0.2) is 0 Å². The van der Waals surface area contributed by atoms with Crippen LogP contribution in [0.25, 0.3) is 0 Å². The predicted octanol–water partition coefficient (Wildman–Crippen LogP) is -1.90. The summed E-state index contributed by atoms with van der Waals surface area (Å²) in [6.45, 7) is -1.04. The second kappa shape index (κ2) is 13.0. The summed E-state index contributed by atoms with van der Waals surface area (Å²) in [5, 5.41) is 14.2. The molecule has 0 saturated heterocycles. The summed E-state index contributed by atoms with van der Waals surface area (Å²) < 4.78 is 0. The molecule has 0 bridgehead atoms. The van der Waals surface area contributed by atoms with Crippen molar-refractivity contribution in [2.75, 3.05) is 13.2 Å². The maximum atomic E-state index is 9.38. The van der Waals surface area contributed by atoms with Crippen molar-refractivity contribution in [1.29, 1.82) is 0 Å². The van der Waals surface area contributed by atoms with Gasteiger partial charge in [0.15, 0.2) is 0 Å². The van der Waals surface area contributed by atoms with Crippen molar-refractivity contribution in [2.45, 2.75) is 0 Å². The van der Waals surface area contributed by atoms with Gasteiger partial charge in [0, 0.05) is 10.2 Å². The van der Waals surface area contributed by atoms with E-state index in [1.54, 1.807) is 0 Å². The molecule has 0 spiro atoms. The van der Waals surface area contributed by atoms with Crippen LogP contribution in [-0.4, -0.2) is 33.7 Å². The Balaban J connectivity index is -0.000000107. The summed E-state index contributed by atoms with van der Waals surface area (Å²) in [6.07, 6.45) is 0. The van der Waals surface area contributed by atoms with Gasteiger partial charge >= 0.3 is 19.5 Å². The van der Waals surface area contributed by atoms with Crippen LogP contribution < -0.4 is 0 Å². The fourth-order valence-corrected chi connectivity index (χ4v) is 0. The summed E-state index contributed by atoms with van der Waals surface area (Å²) in [4.78, 5) is 18.8. The van der Waals surface area contributed by atoms with Gasteiger partial charge in [0.25, 0.3) is 0 Å². The molecule has 0 heterocycles. The number of aliphatic hydroxyl groups excluding tert-OH is 2. The third kappa shape index (κ3) is 38.3. The van der Waals surface area contributed by atoms with Crippen molar-refractivity contribution in [1.82, 2.24) is 0 Å². The van der Waals surface area contributed by atoms with E-state index in [1.807, 2.05) is 0 Å². The number of carbonyl (C=O) groups is 2. The molecule has 0 radical (unpaired) electrons. The molecule has 60 valence electrons. The minimum Gasteiger partial charge on any atom is -0.740 e. The van der Waals surface area contributed by atoms with E-state index in [4.69, 9.17) is 10.2 Å². The first kappa shape index (κ1) is 17.4. The molecule has 0 aliphatic carbocycles. The van der Waals surface area contributed by atoms with E-state index in [0.29, 0.717) is 0 Å². The van der Waals surface area contributed by atoms with Crippen LogP contribution in [0, 0.1) is 0 Å². The van der Waals surface area contributed by atoms with E-state index in [2.05, 4.69) is 25.3 Å². The molecule has 0 aromatic heterocycles. The van der Waals surface area contributed by atoms with E-state index in [0.717, 1.165) is 0 Å². The van der Waals surface area contributed by atoms with Gasteiger partial charge in [0.2, 0.25) is 0 Å². The van der Waals surface area contributed by atoms with Gasteiger partial charge in [-0.1, -0.05) is 0 Å². The van der Waals surface area contributed by atoms with Crippen LogP contribution in [0.3, 0.4) is 0 Å². The van der Waals surface area contributed by atoms with E-state index < -0.39 is 23.4 Å². The van der Waals surface area contributed by atoms with Gasteiger partial charge in [-0.05, 0) is 0 Å². The molecule has 0 atom stereocenters. The smallest absolute Gasteiger partial charge is 0.740 e. The number of carbonyl (C=O) groups excluding carboxylic acids is 2. The molecular weight excluding hydrogens is 242 g/mol. The molecule has 0 aromatic carbocycles. The summed E-state index contributed by atoms with van der Waals surface area (Å²) in [6, 6.07) is 0. The molecule has 0 unspecified atom stereocenters. The largest absolute Gasteiger partial charge is 2.00 e. The van der Waals surface area contributed by atoms with Crippen molar-refractivity contribution in [3.63, 3.8) is 0 Å². The first-order valence-corrected chi connectivity index (χ1v) is 2.97. The summed E-state index contributed by atoms with van der Waals surface area (Å²) in [5.41, 5.74) is 0. The third-order valence-corrected chi connectivity index (χ3v) is 0.516. The van der Waals surface area contributed by atoms with Crippen molar-refractivity contribution in [3.05, 3.63) is 0 Å². The van der Waals surface area contributed by atoms with Crippen LogP contribution in [0.4, 0.5) is 0 Å². The molecule has 0 aromatic rings. The number of hydrogen-bond acceptors (Lipinski definition) is 6. The van der Waals surface area contributed by atoms with Gasteiger partial charge in [0.1, 0.15) is 0 Å². The number of hydrogen-bond donors (Lipinski definition) is 2. The molecule has 0 fully saturated rings. The normalized spacial score (nSPS) is 6.73. The Kier molecular flexibility index (Phi) is 20.5. The van der Waals surface area contributed by atoms with E-state index in [1.165, 1.54) is 0 Å². The Bertz CT molecular complexity index is 105. The van der Waals surface area contributed by atoms with Crippen LogP contribution in [0.2, 0.25) is 0 Å². The van der Waals surface area contributed by atoms with E-state index >= 15 is 0 Å². The van der Waals surface area contributed by atoms with Crippen LogP contribution in [0.1, 0.15) is 0 Å². The van der Waals surface area contributed by atoms with Crippen LogP contribution in [-0.2, 0) is 54.3 Å². The summed E-state index contributed by atoms with van der Waals surface area (Å²) in [7, 11) is 0. The first-order valence-electron chi connectivity index (χ1n) is 2.16. The van der Waals surface area contributed by atoms with Crippen molar-refractivity contribution >= 4 is 35.5 Å². The molecule has 0 aliphatic rings. The van der Waals surface area contributed by atoms with Gasteiger partial charge in [0.05, 0.1) is 13.2 Å². The molecule has 0 saturated carbocycles. The molecule has 2 N–H and O–H groups in total. The molecule has 0 aliphatic heterocycles. The molecule has 0 rings (SSSR count). The molecular formula is C4H6O4S2Zn. The number of aliphatic hydroxyl groups is 2. The minimum absolute atomic E-state index is 0. The maximum Gasteiger partial charge on any atom is 2.00 e. The summed E-state index contributed by atoms with van der Waals surface area (Å²) >= 11 is 7.78. The average molecular weight is 248 g/mol. The van der Waals surface area contributed by atoms with E-state index in [-0.39, 0.29) is 19.5 Å². The zero-order valence-electron chi connectivity index (χ0n) is 5.65. The Labute approximate surface area is 87.9 Å². The van der Waals surface area contributed by atoms with Gasteiger partial charge in [-0.3, -0.25) is 0 Å². The predicted molar refractivity (Wildman–Crippen MR) is 38.9 cm³/mol. The van der Waals surface area contributed by atoms with Gasteiger partial charge < -0.3 is 45.1 Å². The average Bonchev–Trinajstić information content (AvgIpc) is 1.89. The van der Waals surface area contributed by atoms with Gasteiger partial charge in [-0.2, -0.15) is 0 Å². The Morgan fingerprint density at radius 1 is 1.00 bits per heavy atom. The van der Waals surface area contributed by atoms with E-state index in [9.17, 15) is 9.59 Å². The van der Waals surface area contributed by atoms with Gasteiger partial charge in [-0.15, -0.1) is 0 Å². The summed E-state index contributed by atoms with van der Waals surface area (Å²) in [5.74, 6) is 0. The number of rotatable bonds is 2. The topological polar surface area (TPSA) is 74.6 Å². The maximum absolute atomic E-state index is 9.38. The molecule has 11 heavy (non-hydrogen) atoms. The van der Waals surface area contributed by atoms with Crippen molar-refractivity contribution < 1.29 is 39.3 Å². The van der Waals surface area contributed by atoms with Crippen molar-refractivity contribution in [2.24, 2.45) is 0 Å². The molecule has 4 nitrogen and oxygen atoms in total. The third-order valence-electron chi connectivity index (χ3n) is 0.258. The van der Waals surface area contributed by atoms with Crippen LogP contribution >= 0.6 is 0 Å². The quantitative estimate of drug-likeness (QED) is 0.439. The zero-order chi connectivity index (χ0) is 8.57. The Hall–Kier alpha value is 0.323. The standard InChI is InChI=1S/2C2H4O2S.Zn/c2*3-1-2(4)5;/h2*3H,1H2,(H,4,5);/q;;+2/p-2. The molecule has 0 amide bonds. The Morgan fingerprint density at radius 2 is 1.09 bits per heavy atom. The van der Waals surface area contributed by atoms with Crippen LogP contribution in [0.5, 0.6) is 0 Å². The minimum atomic E-state index is -0.606. The van der Waals surface area contributed by atoms with Crippen molar-refractivity contribution in [3.8, 4) is 0 Å². The second-order valence-corrected chi connectivity index (χ2v) is 1.97. The monoisotopic (exact) mass is 246 g/mol. The fraction of sp³-hybridized carbons (Fsp3) is 0.500. The Morgan fingerprint density at radius 3 is 1.09 bits per heavy atom. The second-order valence-electron chi connectivity index (χ2n) is 1.06. The SMILES string of the molecule is O=C([S-])CO.O=C([S-])CO.[Zn+2]. The molecule has 7 heteroatoms. The zero-order valence-corrected chi connectivity index (χ0v) is 10.2. The first-order chi connectivity index (χ1) is 4.54. The van der Waals surface area contributed by atoms with Crippen LogP contribution in [0.15, 0.2) is 0 Å².